The first-order chi connectivity index (χ1) is 11.1. The molecule has 1 heterocycles. The summed E-state index contributed by atoms with van der Waals surface area (Å²) in [7, 11) is 0. The van der Waals surface area contributed by atoms with Crippen LogP contribution in [0.5, 0.6) is 0 Å². The summed E-state index contributed by atoms with van der Waals surface area (Å²) in [6.07, 6.45) is 4.48. The van der Waals surface area contributed by atoms with Crippen LogP contribution in [0, 0.1) is 16.0 Å². The van der Waals surface area contributed by atoms with Gasteiger partial charge < -0.3 is 14.9 Å². The highest BCUT2D eigenvalue weighted by atomic mass is 16.9. The van der Waals surface area contributed by atoms with Crippen LogP contribution in [-0.2, 0) is 27.6 Å². The minimum absolute atomic E-state index is 0.0815. The fourth-order valence-electron chi connectivity index (χ4n) is 3.45. The maximum atomic E-state index is 12.1. The fraction of sp³-hybridized carbons (Fsp3) is 0.562. The van der Waals surface area contributed by atoms with Crippen LogP contribution < -0.4 is 5.32 Å². The Bertz CT molecular complexity index is 562. The molecular weight excluding hydrogens is 300 g/mol. The Morgan fingerprint density at radius 1 is 1.22 bits per heavy atom. The molecule has 1 saturated carbocycles. The molecule has 0 bridgehead atoms. The van der Waals surface area contributed by atoms with Crippen molar-refractivity contribution in [2.45, 2.75) is 51.0 Å². The Labute approximate surface area is 134 Å². The first kappa shape index (κ1) is 15.7. The monoisotopic (exact) mass is 320 g/mol. The lowest BCUT2D eigenvalue weighted by atomic mass is 10.0. The summed E-state index contributed by atoms with van der Waals surface area (Å²) in [6.45, 7) is 0.130. The van der Waals surface area contributed by atoms with Crippen LogP contribution in [-0.4, -0.2) is 23.1 Å². The van der Waals surface area contributed by atoms with Crippen LogP contribution in [0.3, 0.4) is 0 Å². The zero-order chi connectivity index (χ0) is 16.2. The smallest absolute Gasteiger partial charge is 0.323 e. The van der Waals surface area contributed by atoms with Gasteiger partial charge in [0.05, 0.1) is 0 Å². The molecule has 3 rings (SSSR count). The van der Waals surface area contributed by atoms with Gasteiger partial charge in [-0.2, -0.15) is 0 Å². The van der Waals surface area contributed by atoms with Crippen LogP contribution in [0.15, 0.2) is 24.3 Å². The number of nitrogens with one attached hydrogen (secondary N) is 1. The van der Waals surface area contributed by atoms with Crippen molar-refractivity contribution in [2.24, 2.45) is 5.92 Å². The van der Waals surface area contributed by atoms with Gasteiger partial charge in [0.1, 0.15) is 19.3 Å². The highest BCUT2D eigenvalue weighted by molar-refractivity contribution is 5.76. The third-order valence-electron chi connectivity index (χ3n) is 4.64. The molecule has 0 aromatic heterocycles. The van der Waals surface area contributed by atoms with Gasteiger partial charge in [0, 0.05) is 6.04 Å². The normalized spacial score (nSPS) is 25.8. The molecule has 0 unspecified atom stereocenters. The lowest BCUT2D eigenvalue weighted by Gasteiger charge is -2.12. The van der Waals surface area contributed by atoms with Gasteiger partial charge >= 0.3 is 5.97 Å². The molecule has 1 aromatic carbocycles. The predicted octanol–water partition coefficient (Wildman–Crippen LogP) is 1.97. The van der Waals surface area contributed by atoms with E-state index in [4.69, 9.17) is 4.74 Å². The third-order valence-corrected chi connectivity index (χ3v) is 4.64. The molecular formula is C16H20N2O5. The van der Waals surface area contributed by atoms with Crippen molar-refractivity contribution in [3.63, 3.8) is 0 Å². The molecule has 23 heavy (non-hydrogen) atoms. The number of ether oxygens (including phenoxy) is 1. The molecule has 1 aromatic rings. The van der Waals surface area contributed by atoms with Crippen molar-refractivity contribution >= 4 is 5.97 Å². The van der Waals surface area contributed by atoms with Gasteiger partial charge in [-0.1, -0.05) is 30.7 Å². The summed E-state index contributed by atoms with van der Waals surface area (Å²) in [5, 5.41) is 12.7. The summed E-state index contributed by atoms with van der Waals surface area (Å²) in [5.41, 5.74) is 1.54. The summed E-state index contributed by atoms with van der Waals surface area (Å²) in [4.78, 5) is 26.5. The van der Waals surface area contributed by atoms with Crippen molar-refractivity contribution in [3.8, 4) is 0 Å². The minimum atomic E-state index is -0.820. The van der Waals surface area contributed by atoms with Gasteiger partial charge in [-0.3, -0.25) is 4.79 Å². The van der Waals surface area contributed by atoms with E-state index in [9.17, 15) is 14.9 Å². The molecule has 2 aliphatic rings. The van der Waals surface area contributed by atoms with Gasteiger partial charge in [-0.25, -0.2) is 0 Å². The van der Waals surface area contributed by atoms with E-state index >= 15 is 0 Å². The third kappa shape index (κ3) is 3.98. The van der Waals surface area contributed by atoms with Gasteiger partial charge in [-0.15, -0.1) is 10.1 Å². The van der Waals surface area contributed by atoms with Crippen molar-refractivity contribution in [1.29, 1.82) is 0 Å². The topological polar surface area (TPSA) is 90.7 Å². The van der Waals surface area contributed by atoms with E-state index in [0.29, 0.717) is 17.5 Å². The van der Waals surface area contributed by atoms with Gasteiger partial charge in [0.15, 0.2) is 0 Å². The van der Waals surface area contributed by atoms with E-state index in [-0.39, 0.29) is 25.2 Å². The number of hydrogen-bond acceptors (Lipinski definition) is 6. The summed E-state index contributed by atoms with van der Waals surface area (Å²) < 4.78 is 5.37. The Balaban J connectivity index is 1.44. The second-order valence-electron chi connectivity index (χ2n) is 6.17. The van der Waals surface area contributed by atoms with E-state index < -0.39 is 5.09 Å². The number of hydrogen-bond donors (Lipinski definition) is 1. The first-order valence-electron chi connectivity index (χ1n) is 7.89. The van der Waals surface area contributed by atoms with Gasteiger partial charge in [0.25, 0.3) is 5.09 Å². The number of rotatable bonds is 6. The van der Waals surface area contributed by atoms with Crippen LogP contribution >= 0.6 is 0 Å². The Morgan fingerprint density at radius 3 is 2.57 bits per heavy atom. The first-order valence-corrected chi connectivity index (χ1v) is 7.89. The second-order valence-corrected chi connectivity index (χ2v) is 6.17. The van der Waals surface area contributed by atoms with Gasteiger partial charge in [-0.05, 0) is 36.3 Å². The molecule has 3 atom stereocenters. The van der Waals surface area contributed by atoms with Crippen LogP contribution in [0.4, 0.5) is 0 Å². The largest absolute Gasteiger partial charge is 0.460 e. The maximum Gasteiger partial charge on any atom is 0.323 e. The SMILES string of the molecule is O=C(OCc1ccc(CO[N+](=O)[O-])cc1)[C@@H]1C[C@@H]2CCC[C@@H]2N1. The highest BCUT2D eigenvalue weighted by Crippen LogP contribution is 2.34. The number of carbonyl (C=O) groups is 1. The number of nitrogens with zero attached hydrogens (tertiary/aromatic N) is 1. The quantitative estimate of drug-likeness (QED) is 0.489. The Morgan fingerprint density at radius 2 is 1.91 bits per heavy atom. The second kappa shape index (κ2) is 6.95. The summed E-state index contributed by atoms with van der Waals surface area (Å²) in [6, 6.07) is 7.31. The van der Waals surface area contributed by atoms with E-state index in [1.165, 1.54) is 12.8 Å². The van der Waals surface area contributed by atoms with E-state index in [1.807, 2.05) is 0 Å². The number of esters is 1. The molecule has 0 spiro atoms. The highest BCUT2D eigenvalue weighted by Gasteiger charge is 2.40. The van der Waals surface area contributed by atoms with Crippen molar-refractivity contribution < 1.29 is 19.5 Å². The van der Waals surface area contributed by atoms with E-state index in [0.717, 1.165) is 18.4 Å². The standard InChI is InChI=1S/C16H20N2O5/c19-16(15-8-13-2-1-3-14(13)17-15)22-9-11-4-6-12(7-5-11)10-23-18(20)21/h4-7,13-15,17H,1-3,8-10H2/t13-,14-,15-/m0/s1. The molecule has 7 nitrogen and oxygen atoms in total. The van der Waals surface area contributed by atoms with Gasteiger partial charge in [0.2, 0.25) is 0 Å². The predicted molar refractivity (Wildman–Crippen MR) is 80.7 cm³/mol. The lowest BCUT2D eigenvalue weighted by Crippen LogP contribution is -2.36. The molecule has 7 heteroatoms. The molecule has 1 saturated heterocycles. The van der Waals surface area contributed by atoms with Crippen molar-refractivity contribution in [3.05, 3.63) is 45.5 Å². The molecule has 124 valence electrons. The molecule has 0 amide bonds. The molecule has 0 radical (unpaired) electrons. The van der Waals surface area contributed by atoms with Crippen LogP contribution in [0.2, 0.25) is 0 Å². The fourth-order valence-corrected chi connectivity index (χ4v) is 3.45. The average Bonchev–Trinajstić information content (AvgIpc) is 3.13. The summed E-state index contributed by atoms with van der Waals surface area (Å²) >= 11 is 0. The van der Waals surface area contributed by atoms with Crippen molar-refractivity contribution in [2.75, 3.05) is 0 Å². The van der Waals surface area contributed by atoms with E-state index in [1.54, 1.807) is 24.3 Å². The maximum absolute atomic E-state index is 12.1. The van der Waals surface area contributed by atoms with Crippen molar-refractivity contribution in [1.82, 2.24) is 5.32 Å². The molecule has 1 aliphatic heterocycles. The lowest BCUT2D eigenvalue weighted by molar-refractivity contribution is -0.763. The Hall–Kier alpha value is -2.15. The minimum Gasteiger partial charge on any atom is -0.460 e. The number of fused-ring (bicyclic) bond motifs is 1. The molecule has 1 N–H and O–H groups in total. The van der Waals surface area contributed by atoms with Crippen LogP contribution in [0.1, 0.15) is 36.8 Å². The Kier molecular flexibility index (Phi) is 4.76. The molecule has 2 fully saturated rings. The number of carbonyl (C=O) groups excluding carboxylic acids is 1. The average molecular weight is 320 g/mol. The van der Waals surface area contributed by atoms with E-state index in [2.05, 4.69) is 10.2 Å². The molecule has 1 aliphatic carbocycles. The number of benzene rings is 1. The van der Waals surface area contributed by atoms with Crippen LogP contribution in [0.25, 0.3) is 0 Å². The zero-order valence-electron chi connectivity index (χ0n) is 12.8. The summed E-state index contributed by atoms with van der Waals surface area (Å²) in [5.74, 6) is 0.425. The zero-order valence-corrected chi connectivity index (χ0v) is 12.8.